The molecule has 2 aromatic rings. The van der Waals surface area contributed by atoms with Crippen LogP contribution >= 0.6 is 11.6 Å². The first-order valence-corrected chi connectivity index (χ1v) is 7.45. The number of carbonyl (C=O) groups is 1. The lowest BCUT2D eigenvalue weighted by Gasteiger charge is -2.17. The van der Waals surface area contributed by atoms with Crippen LogP contribution in [0.15, 0.2) is 24.5 Å². The molecular formula is C15H17ClN4O2. The zero-order valence-electron chi connectivity index (χ0n) is 12.5. The lowest BCUT2D eigenvalue weighted by molar-refractivity contribution is 0.0780. The zero-order valence-corrected chi connectivity index (χ0v) is 13.2. The van der Waals surface area contributed by atoms with Crippen molar-refractivity contribution in [2.45, 2.75) is 12.3 Å². The van der Waals surface area contributed by atoms with Crippen molar-refractivity contribution < 1.29 is 9.53 Å². The van der Waals surface area contributed by atoms with Gasteiger partial charge in [0, 0.05) is 37.8 Å². The number of ether oxygens (including phenoxy) is 1. The maximum absolute atomic E-state index is 12.6. The van der Waals surface area contributed by atoms with Gasteiger partial charge in [-0.25, -0.2) is 4.98 Å². The third-order valence-corrected chi connectivity index (χ3v) is 4.28. The Bertz CT molecular complexity index is 681. The molecule has 0 bridgehead atoms. The van der Waals surface area contributed by atoms with Gasteiger partial charge in [-0.15, -0.1) is 0 Å². The molecule has 3 rings (SSSR count). The smallest absolute Gasteiger partial charge is 0.273 e. The number of nitrogens with zero attached hydrogens (tertiary/aromatic N) is 4. The van der Waals surface area contributed by atoms with Crippen molar-refractivity contribution in [1.82, 2.24) is 19.7 Å². The fraction of sp³-hybridized carbons (Fsp3) is 0.400. The van der Waals surface area contributed by atoms with Crippen LogP contribution in [0.2, 0.25) is 5.02 Å². The lowest BCUT2D eigenvalue weighted by Crippen LogP contribution is -2.30. The molecule has 1 amide bonds. The molecule has 116 valence electrons. The summed E-state index contributed by atoms with van der Waals surface area (Å²) in [5.41, 5.74) is 1.47. The molecule has 7 heteroatoms. The van der Waals surface area contributed by atoms with Crippen molar-refractivity contribution in [3.63, 3.8) is 0 Å². The normalized spacial score (nSPS) is 17.8. The second-order valence-electron chi connectivity index (χ2n) is 5.30. The fourth-order valence-electron chi connectivity index (χ4n) is 2.88. The summed E-state index contributed by atoms with van der Waals surface area (Å²) in [7, 11) is 3.33. The molecular weight excluding hydrogens is 304 g/mol. The maximum Gasteiger partial charge on any atom is 0.273 e. The van der Waals surface area contributed by atoms with E-state index in [2.05, 4.69) is 10.1 Å². The monoisotopic (exact) mass is 320 g/mol. The van der Waals surface area contributed by atoms with Crippen LogP contribution in [0.25, 0.3) is 0 Å². The highest BCUT2D eigenvalue weighted by Crippen LogP contribution is 2.33. The standard InChI is InChI=1S/C15H17ClN4O2/c1-19-13(12(16)8-18-19)15(21)20-7-5-10(9-20)11-4-3-6-17-14(11)22-2/h3-4,6,8,10H,5,7,9H2,1-2H3/t10-/m0/s1. The van der Waals surface area contributed by atoms with Crippen molar-refractivity contribution in [1.29, 1.82) is 0 Å². The van der Waals surface area contributed by atoms with Crippen molar-refractivity contribution in [3.05, 3.63) is 40.8 Å². The molecule has 6 nitrogen and oxygen atoms in total. The van der Waals surface area contributed by atoms with Crippen molar-refractivity contribution >= 4 is 17.5 Å². The number of methoxy groups -OCH3 is 1. The summed E-state index contributed by atoms with van der Waals surface area (Å²) in [6, 6.07) is 3.89. The molecule has 0 radical (unpaired) electrons. The summed E-state index contributed by atoms with van der Waals surface area (Å²) in [6.07, 6.45) is 4.07. The van der Waals surface area contributed by atoms with E-state index in [-0.39, 0.29) is 11.8 Å². The van der Waals surface area contributed by atoms with Gasteiger partial charge >= 0.3 is 0 Å². The summed E-state index contributed by atoms with van der Waals surface area (Å²) in [4.78, 5) is 18.6. The van der Waals surface area contributed by atoms with Crippen molar-refractivity contribution in [3.8, 4) is 5.88 Å². The molecule has 22 heavy (non-hydrogen) atoms. The Labute approximate surface area is 133 Å². The topological polar surface area (TPSA) is 60.2 Å². The van der Waals surface area contributed by atoms with E-state index >= 15 is 0 Å². The van der Waals surface area contributed by atoms with Crippen LogP contribution in [0.3, 0.4) is 0 Å². The van der Waals surface area contributed by atoms with Crippen LogP contribution in [0.4, 0.5) is 0 Å². The molecule has 1 saturated heterocycles. The quantitative estimate of drug-likeness (QED) is 0.869. The van der Waals surface area contributed by atoms with Crippen molar-refractivity contribution in [2.75, 3.05) is 20.2 Å². The van der Waals surface area contributed by atoms with E-state index in [1.807, 2.05) is 12.1 Å². The largest absolute Gasteiger partial charge is 0.481 e. The molecule has 0 saturated carbocycles. The third-order valence-electron chi connectivity index (χ3n) is 4.01. The molecule has 1 aliphatic rings. The summed E-state index contributed by atoms with van der Waals surface area (Å²) < 4.78 is 6.83. The van der Waals surface area contributed by atoms with Gasteiger partial charge in [-0.05, 0) is 12.5 Å². The second kappa shape index (κ2) is 5.96. The second-order valence-corrected chi connectivity index (χ2v) is 5.71. The number of halogens is 1. The Morgan fingerprint density at radius 1 is 1.50 bits per heavy atom. The van der Waals surface area contributed by atoms with Gasteiger partial charge in [0.1, 0.15) is 5.69 Å². The van der Waals surface area contributed by atoms with Gasteiger partial charge in [0.05, 0.1) is 18.3 Å². The van der Waals surface area contributed by atoms with Gasteiger partial charge in [0.15, 0.2) is 0 Å². The minimum absolute atomic E-state index is 0.0876. The van der Waals surface area contributed by atoms with Crippen molar-refractivity contribution in [2.24, 2.45) is 7.05 Å². The third kappa shape index (κ3) is 2.54. The summed E-state index contributed by atoms with van der Waals surface area (Å²) in [5, 5.41) is 4.40. The van der Waals surface area contributed by atoms with Gasteiger partial charge in [-0.3, -0.25) is 9.48 Å². The SMILES string of the molecule is COc1ncccc1[C@H]1CCN(C(=O)c2c(Cl)cnn2C)C1. The molecule has 3 heterocycles. The number of carbonyl (C=O) groups excluding carboxylic acids is 1. The first kappa shape index (κ1) is 14.8. The Kier molecular flexibility index (Phi) is 4.02. The number of amides is 1. The van der Waals surface area contributed by atoms with Gasteiger partial charge < -0.3 is 9.64 Å². The molecule has 1 aliphatic heterocycles. The Morgan fingerprint density at radius 3 is 3.00 bits per heavy atom. The van der Waals surface area contributed by atoms with Gasteiger partial charge in [0.25, 0.3) is 5.91 Å². The minimum atomic E-state index is -0.0876. The Balaban J connectivity index is 1.79. The first-order valence-electron chi connectivity index (χ1n) is 7.07. The number of aromatic nitrogens is 3. The van der Waals surface area contributed by atoms with Gasteiger partial charge in [0.2, 0.25) is 5.88 Å². The first-order chi connectivity index (χ1) is 10.6. The predicted molar refractivity (Wildman–Crippen MR) is 82.3 cm³/mol. The number of hydrogen-bond acceptors (Lipinski definition) is 4. The fourth-order valence-corrected chi connectivity index (χ4v) is 3.13. The Morgan fingerprint density at radius 2 is 2.32 bits per heavy atom. The van der Waals surface area contributed by atoms with Crippen LogP contribution in [-0.2, 0) is 7.05 Å². The van der Waals surface area contributed by atoms with E-state index in [0.717, 1.165) is 12.0 Å². The van der Waals surface area contributed by atoms with Gasteiger partial charge in [-0.1, -0.05) is 17.7 Å². The number of rotatable bonds is 3. The highest BCUT2D eigenvalue weighted by atomic mass is 35.5. The van der Waals surface area contributed by atoms with Crippen LogP contribution < -0.4 is 4.74 Å². The van der Waals surface area contributed by atoms with E-state index in [9.17, 15) is 4.79 Å². The molecule has 1 atom stereocenters. The summed E-state index contributed by atoms with van der Waals surface area (Å²) in [6.45, 7) is 1.31. The number of pyridine rings is 1. The highest BCUT2D eigenvalue weighted by Gasteiger charge is 2.32. The van der Waals surface area contributed by atoms with E-state index < -0.39 is 0 Å². The summed E-state index contributed by atoms with van der Waals surface area (Å²) in [5.74, 6) is 0.760. The predicted octanol–water partition coefficient (Wildman–Crippen LogP) is 2.11. The minimum Gasteiger partial charge on any atom is -0.481 e. The van der Waals surface area contributed by atoms with Crippen LogP contribution in [0, 0.1) is 0 Å². The zero-order chi connectivity index (χ0) is 15.7. The number of hydrogen-bond donors (Lipinski definition) is 0. The number of aryl methyl sites for hydroxylation is 1. The number of likely N-dealkylation sites (tertiary alicyclic amines) is 1. The molecule has 0 aliphatic carbocycles. The lowest BCUT2D eigenvalue weighted by atomic mass is 10.00. The highest BCUT2D eigenvalue weighted by molar-refractivity contribution is 6.33. The van der Waals surface area contributed by atoms with E-state index in [4.69, 9.17) is 16.3 Å². The van der Waals surface area contributed by atoms with E-state index in [1.165, 1.54) is 10.9 Å². The average molecular weight is 321 g/mol. The molecule has 0 unspecified atom stereocenters. The molecule has 0 aromatic carbocycles. The van der Waals surface area contributed by atoms with E-state index in [0.29, 0.717) is 29.7 Å². The van der Waals surface area contributed by atoms with Crippen LogP contribution in [0.1, 0.15) is 28.4 Å². The maximum atomic E-state index is 12.6. The molecule has 1 fully saturated rings. The van der Waals surface area contributed by atoms with Crippen LogP contribution in [-0.4, -0.2) is 45.8 Å². The van der Waals surface area contributed by atoms with E-state index in [1.54, 1.807) is 25.3 Å². The van der Waals surface area contributed by atoms with Gasteiger partial charge in [-0.2, -0.15) is 5.10 Å². The van der Waals surface area contributed by atoms with Crippen LogP contribution in [0.5, 0.6) is 5.88 Å². The molecule has 0 N–H and O–H groups in total. The Hall–Kier alpha value is -2.08. The molecule has 2 aromatic heterocycles. The molecule has 0 spiro atoms. The average Bonchev–Trinajstić information content (AvgIpc) is 3.14. The summed E-state index contributed by atoms with van der Waals surface area (Å²) >= 11 is 6.06.